The Morgan fingerprint density at radius 2 is 2.05 bits per heavy atom. The fraction of sp³-hybridized carbons (Fsp3) is 0.0833. The van der Waals surface area contributed by atoms with Gasteiger partial charge in [0.05, 0.1) is 11.3 Å². The molecule has 2 aromatic rings. The highest BCUT2D eigenvalue weighted by Crippen LogP contribution is 2.21. The lowest BCUT2D eigenvalue weighted by molar-refractivity contribution is 0.0697. The van der Waals surface area contributed by atoms with Crippen LogP contribution in [0.5, 0.6) is 0 Å². The number of carbonyl (C=O) groups is 1. The molecule has 98 valence electrons. The average Bonchev–Trinajstić information content (AvgIpc) is 2.40. The zero-order valence-corrected chi connectivity index (χ0v) is 11.1. The molecule has 0 saturated carbocycles. The van der Waals surface area contributed by atoms with Crippen molar-refractivity contribution in [1.82, 2.24) is 10.2 Å². The number of aromatic nitrogens is 2. The number of benzene rings is 1. The van der Waals surface area contributed by atoms with Crippen LogP contribution in [0.1, 0.15) is 15.9 Å². The molecule has 0 saturated heterocycles. The van der Waals surface area contributed by atoms with E-state index < -0.39 is 5.97 Å². The second-order valence-corrected chi connectivity index (χ2v) is 4.48. The lowest BCUT2D eigenvalue weighted by atomic mass is 10.1. The number of hydrogen-bond donors (Lipinski definition) is 2. The number of carboxylic acids is 1. The minimum Gasteiger partial charge on any atom is -0.478 e. The van der Waals surface area contributed by atoms with Gasteiger partial charge in [-0.25, -0.2) is 4.79 Å². The number of nitrogens with one attached hydrogen (secondary N) is 1. The van der Waals surface area contributed by atoms with Gasteiger partial charge in [0.2, 0.25) is 0 Å². The largest absolute Gasteiger partial charge is 0.478 e. The number of carboxylic acid groups (broad SMARTS) is 1. The number of anilines is 1. The van der Waals surface area contributed by atoms with Gasteiger partial charge in [-0.1, -0.05) is 35.3 Å². The van der Waals surface area contributed by atoms with Gasteiger partial charge in [0, 0.05) is 12.6 Å². The number of nitrogens with zero attached hydrogens (tertiary/aromatic N) is 2. The molecule has 0 spiro atoms. The predicted octanol–water partition coefficient (Wildman–Crippen LogP) is 3.09. The third kappa shape index (κ3) is 3.56. The molecule has 0 radical (unpaired) electrons. The summed E-state index contributed by atoms with van der Waals surface area (Å²) in [5, 5.41) is 19.6. The van der Waals surface area contributed by atoms with Crippen molar-refractivity contribution in [3.63, 3.8) is 0 Å². The molecule has 0 unspecified atom stereocenters. The van der Waals surface area contributed by atoms with E-state index in [0.29, 0.717) is 12.2 Å². The minimum atomic E-state index is -0.964. The average molecular weight is 298 g/mol. The standard InChI is InChI=1S/C12H9Cl2N3O2/c13-10-5-9(11(14)17-16-10)15-6-7-2-1-3-8(4-7)12(18)19/h1-5H,6H2,(H,15,16)(H,18,19). The van der Waals surface area contributed by atoms with Gasteiger partial charge in [0.25, 0.3) is 0 Å². The maximum absolute atomic E-state index is 10.8. The van der Waals surface area contributed by atoms with E-state index in [0.717, 1.165) is 5.56 Å². The first kappa shape index (κ1) is 13.6. The predicted molar refractivity (Wildman–Crippen MR) is 72.8 cm³/mol. The third-order valence-corrected chi connectivity index (χ3v) is 2.84. The Hall–Kier alpha value is -1.85. The van der Waals surface area contributed by atoms with Gasteiger partial charge in [-0.05, 0) is 17.7 Å². The van der Waals surface area contributed by atoms with Gasteiger partial charge >= 0.3 is 5.97 Å². The van der Waals surface area contributed by atoms with Crippen LogP contribution in [0.2, 0.25) is 10.3 Å². The highest BCUT2D eigenvalue weighted by Gasteiger charge is 2.06. The molecule has 19 heavy (non-hydrogen) atoms. The first-order chi connectivity index (χ1) is 9.06. The van der Waals surface area contributed by atoms with Crippen LogP contribution in [0.15, 0.2) is 30.3 Å². The second-order valence-electron chi connectivity index (χ2n) is 3.73. The van der Waals surface area contributed by atoms with Crippen LogP contribution in [-0.2, 0) is 6.54 Å². The number of halogens is 2. The smallest absolute Gasteiger partial charge is 0.335 e. The second kappa shape index (κ2) is 5.86. The summed E-state index contributed by atoms with van der Waals surface area (Å²) < 4.78 is 0. The fourth-order valence-corrected chi connectivity index (χ4v) is 1.79. The Bertz CT molecular complexity index is 620. The maximum atomic E-state index is 10.8. The molecule has 1 aromatic carbocycles. The molecular weight excluding hydrogens is 289 g/mol. The van der Waals surface area contributed by atoms with Crippen LogP contribution in [0, 0.1) is 0 Å². The normalized spacial score (nSPS) is 10.2. The molecule has 5 nitrogen and oxygen atoms in total. The van der Waals surface area contributed by atoms with Gasteiger partial charge in [-0.2, -0.15) is 0 Å². The van der Waals surface area contributed by atoms with E-state index in [1.807, 2.05) is 6.07 Å². The van der Waals surface area contributed by atoms with Crippen molar-refractivity contribution >= 4 is 34.9 Å². The van der Waals surface area contributed by atoms with E-state index >= 15 is 0 Å². The summed E-state index contributed by atoms with van der Waals surface area (Å²) in [6.07, 6.45) is 0. The molecular formula is C12H9Cl2N3O2. The molecule has 1 heterocycles. The van der Waals surface area contributed by atoms with Crippen LogP contribution in [-0.4, -0.2) is 21.3 Å². The number of hydrogen-bond acceptors (Lipinski definition) is 4. The van der Waals surface area contributed by atoms with Gasteiger partial charge < -0.3 is 10.4 Å². The zero-order valence-electron chi connectivity index (χ0n) is 9.60. The quantitative estimate of drug-likeness (QED) is 0.907. The van der Waals surface area contributed by atoms with Crippen molar-refractivity contribution in [3.05, 3.63) is 51.8 Å². The van der Waals surface area contributed by atoms with Gasteiger partial charge in [-0.3, -0.25) is 0 Å². The van der Waals surface area contributed by atoms with E-state index in [1.165, 1.54) is 6.07 Å². The highest BCUT2D eigenvalue weighted by atomic mass is 35.5. The molecule has 0 aliphatic carbocycles. The van der Waals surface area contributed by atoms with E-state index in [4.69, 9.17) is 28.3 Å². The molecule has 0 amide bonds. The summed E-state index contributed by atoms with van der Waals surface area (Å²) in [4.78, 5) is 10.8. The summed E-state index contributed by atoms with van der Waals surface area (Å²) in [6.45, 7) is 0.406. The topological polar surface area (TPSA) is 75.1 Å². The Labute approximate surface area is 119 Å². The van der Waals surface area contributed by atoms with E-state index in [-0.39, 0.29) is 15.9 Å². The molecule has 1 aromatic heterocycles. The summed E-state index contributed by atoms with van der Waals surface area (Å²) in [7, 11) is 0. The van der Waals surface area contributed by atoms with Gasteiger partial charge in [0.15, 0.2) is 10.3 Å². The molecule has 0 atom stereocenters. The number of rotatable bonds is 4. The van der Waals surface area contributed by atoms with Crippen LogP contribution in [0.4, 0.5) is 5.69 Å². The monoisotopic (exact) mass is 297 g/mol. The van der Waals surface area contributed by atoms with E-state index in [2.05, 4.69) is 15.5 Å². The Kier molecular flexibility index (Phi) is 4.19. The van der Waals surface area contributed by atoms with Gasteiger partial charge in [-0.15, -0.1) is 10.2 Å². The molecule has 0 bridgehead atoms. The van der Waals surface area contributed by atoms with E-state index in [9.17, 15) is 4.79 Å². The van der Waals surface area contributed by atoms with Crippen molar-refractivity contribution in [2.75, 3.05) is 5.32 Å². The van der Waals surface area contributed by atoms with Crippen molar-refractivity contribution in [3.8, 4) is 0 Å². The molecule has 0 aliphatic heterocycles. The van der Waals surface area contributed by atoms with E-state index in [1.54, 1.807) is 18.2 Å². The molecule has 0 fully saturated rings. The lowest BCUT2D eigenvalue weighted by Gasteiger charge is -2.08. The van der Waals surface area contributed by atoms with Crippen LogP contribution >= 0.6 is 23.2 Å². The molecule has 0 aliphatic rings. The van der Waals surface area contributed by atoms with Crippen molar-refractivity contribution in [2.24, 2.45) is 0 Å². The SMILES string of the molecule is O=C(O)c1cccc(CNc2cc(Cl)nnc2Cl)c1. The Balaban J connectivity index is 2.12. The van der Waals surface area contributed by atoms with Crippen molar-refractivity contribution in [2.45, 2.75) is 6.54 Å². The lowest BCUT2D eigenvalue weighted by Crippen LogP contribution is -2.03. The zero-order chi connectivity index (χ0) is 13.8. The highest BCUT2D eigenvalue weighted by molar-refractivity contribution is 6.33. The molecule has 2 rings (SSSR count). The summed E-state index contributed by atoms with van der Waals surface area (Å²) in [5.41, 5.74) is 1.59. The van der Waals surface area contributed by atoms with Gasteiger partial charge in [0.1, 0.15) is 0 Å². The minimum absolute atomic E-state index is 0.207. The fourth-order valence-electron chi connectivity index (χ4n) is 1.49. The van der Waals surface area contributed by atoms with Crippen LogP contribution in [0.25, 0.3) is 0 Å². The van der Waals surface area contributed by atoms with Crippen molar-refractivity contribution < 1.29 is 9.90 Å². The third-order valence-electron chi connectivity index (χ3n) is 2.38. The van der Waals surface area contributed by atoms with Crippen LogP contribution < -0.4 is 5.32 Å². The summed E-state index contributed by atoms with van der Waals surface area (Å²) >= 11 is 11.6. The number of aromatic carboxylic acids is 1. The Morgan fingerprint density at radius 3 is 2.79 bits per heavy atom. The Morgan fingerprint density at radius 1 is 1.26 bits per heavy atom. The summed E-state index contributed by atoms with van der Waals surface area (Å²) in [5.74, 6) is -0.964. The first-order valence-electron chi connectivity index (χ1n) is 5.31. The first-order valence-corrected chi connectivity index (χ1v) is 6.06. The summed E-state index contributed by atoms with van der Waals surface area (Å²) in [6, 6.07) is 8.16. The molecule has 2 N–H and O–H groups in total. The van der Waals surface area contributed by atoms with Crippen molar-refractivity contribution in [1.29, 1.82) is 0 Å². The van der Waals surface area contributed by atoms with Crippen LogP contribution in [0.3, 0.4) is 0 Å². The molecule has 7 heteroatoms. The maximum Gasteiger partial charge on any atom is 0.335 e.